The highest BCUT2D eigenvalue weighted by molar-refractivity contribution is 5.62. The molecular weight excluding hydrogens is 208 g/mol. The van der Waals surface area contributed by atoms with Crippen LogP contribution in [0, 0.1) is 12.8 Å². The molecule has 1 atom stereocenters. The minimum absolute atomic E-state index is 0.521. The second-order valence-electron chi connectivity index (χ2n) is 5.57. The lowest BCUT2D eigenvalue weighted by molar-refractivity contribution is 0.540. The van der Waals surface area contributed by atoms with Gasteiger partial charge in [-0.3, -0.25) is 0 Å². The number of benzene rings is 1. The predicted molar refractivity (Wildman–Crippen MR) is 78.0 cm³/mol. The summed E-state index contributed by atoms with van der Waals surface area (Å²) in [5, 5.41) is 3.57. The van der Waals surface area contributed by atoms with Gasteiger partial charge >= 0.3 is 0 Å². The van der Waals surface area contributed by atoms with Gasteiger partial charge in [-0.05, 0) is 43.9 Å². The van der Waals surface area contributed by atoms with Crippen LogP contribution in [0.5, 0.6) is 0 Å². The zero-order valence-corrected chi connectivity index (χ0v) is 12.0. The van der Waals surface area contributed by atoms with Crippen LogP contribution in [0.1, 0.15) is 32.8 Å². The topological polar surface area (TPSA) is 15.3 Å². The molecule has 0 saturated heterocycles. The maximum Gasteiger partial charge on any atom is 0.0411 e. The molecule has 0 heterocycles. The SMILES string of the molecule is Cc1ccc(NC(C)CC(C)C)cc1N(C)C. The number of rotatable bonds is 5. The summed E-state index contributed by atoms with van der Waals surface area (Å²) in [6.07, 6.45) is 1.20. The molecule has 0 radical (unpaired) electrons. The molecule has 0 aliphatic heterocycles. The van der Waals surface area contributed by atoms with Crippen molar-refractivity contribution >= 4 is 11.4 Å². The normalized spacial score (nSPS) is 12.6. The average Bonchev–Trinajstić information content (AvgIpc) is 2.19. The molecule has 1 N–H and O–H groups in total. The van der Waals surface area contributed by atoms with E-state index in [9.17, 15) is 0 Å². The first-order valence-corrected chi connectivity index (χ1v) is 6.44. The number of anilines is 2. The summed E-state index contributed by atoms with van der Waals surface area (Å²) < 4.78 is 0. The summed E-state index contributed by atoms with van der Waals surface area (Å²) in [5.41, 5.74) is 3.82. The molecule has 1 aromatic rings. The van der Waals surface area contributed by atoms with Gasteiger partial charge in [-0.1, -0.05) is 19.9 Å². The minimum Gasteiger partial charge on any atom is -0.383 e. The third-order valence-electron chi connectivity index (χ3n) is 2.93. The number of hydrogen-bond acceptors (Lipinski definition) is 2. The van der Waals surface area contributed by atoms with Crippen molar-refractivity contribution < 1.29 is 0 Å². The summed E-state index contributed by atoms with van der Waals surface area (Å²) in [4.78, 5) is 2.16. The average molecular weight is 234 g/mol. The first kappa shape index (κ1) is 13.9. The lowest BCUT2D eigenvalue weighted by Crippen LogP contribution is -2.18. The Balaban J connectivity index is 2.75. The predicted octanol–water partition coefficient (Wildman–Crippen LogP) is 3.91. The Morgan fingerprint density at radius 3 is 2.35 bits per heavy atom. The fraction of sp³-hybridized carbons (Fsp3) is 0.600. The van der Waals surface area contributed by atoms with Crippen molar-refractivity contribution in [3.8, 4) is 0 Å². The fourth-order valence-corrected chi connectivity index (χ4v) is 2.23. The van der Waals surface area contributed by atoms with E-state index in [0.29, 0.717) is 6.04 Å². The Kier molecular flexibility index (Phi) is 4.86. The van der Waals surface area contributed by atoms with Gasteiger partial charge in [-0.15, -0.1) is 0 Å². The number of nitrogens with zero attached hydrogens (tertiary/aromatic N) is 1. The fourth-order valence-electron chi connectivity index (χ4n) is 2.23. The van der Waals surface area contributed by atoms with Gasteiger partial charge in [0.25, 0.3) is 0 Å². The molecule has 2 heteroatoms. The van der Waals surface area contributed by atoms with Crippen molar-refractivity contribution in [2.75, 3.05) is 24.3 Å². The monoisotopic (exact) mass is 234 g/mol. The van der Waals surface area contributed by atoms with Crippen molar-refractivity contribution in [2.45, 2.75) is 40.2 Å². The molecule has 0 aliphatic carbocycles. The number of nitrogens with one attached hydrogen (secondary N) is 1. The van der Waals surface area contributed by atoms with E-state index in [1.807, 2.05) is 0 Å². The van der Waals surface area contributed by atoms with Gasteiger partial charge in [-0.25, -0.2) is 0 Å². The molecule has 1 aromatic carbocycles. The first-order chi connectivity index (χ1) is 7.90. The molecule has 1 unspecified atom stereocenters. The smallest absolute Gasteiger partial charge is 0.0411 e. The van der Waals surface area contributed by atoms with Gasteiger partial charge in [0.15, 0.2) is 0 Å². The van der Waals surface area contributed by atoms with Crippen molar-refractivity contribution in [1.29, 1.82) is 0 Å². The van der Waals surface area contributed by atoms with Crippen LogP contribution in [0.25, 0.3) is 0 Å². The van der Waals surface area contributed by atoms with Crippen molar-refractivity contribution in [1.82, 2.24) is 0 Å². The van der Waals surface area contributed by atoms with Crippen LogP contribution < -0.4 is 10.2 Å². The summed E-state index contributed by atoms with van der Waals surface area (Å²) in [6.45, 7) is 8.92. The van der Waals surface area contributed by atoms with Gasteiger partial charge in [0, 0.05) is 31.5 Å². The van der Waals surface area contributed by atoms with Crippen LogP contribution >= 0.6 is 0 Å². The highest BCUT2D eigenvalue weighted by atomic mass is 15.1. The van der Waals surface area contributed by atoms with Gasteiger partial charge in [0.05, 0.1) is 0 Å². The molecule has 0 saturated carbocycles. The largest absolute Gasteiger partial charge is 0.383 e. The van der Waals surface area contributed by atoms with E-state index in [1.165, 1.54) is 23.4 Å². The Morgan fingerprint density at radius 2 is 1.82 bits per heavy atom. The molecule has 0 amide bonds. The molecule has 0 aliphatic rings. The lowest BCUT2D eigenvalue weighted by Gasteiger charge is -2.21. The van der Waals surface area contributed by atoms with Crippen molar-refractivity contribution in [3.05, 3.63) is 23.8 Å². The zero-order valence-electron chi connectivity index (χ0n) is 12.0. The van der Waals surface area contributed by atoms with E-state index in [4.69, 9.17) is 0 Å². The zero-order chi connectivity index (χ0) is 13.0. The van der Waals surface area contributed by atoms with E-state index in [-0.39, 0.29) is 0 Å². The van der Waals surface area contributed by atoms with Crippen LogP contribution in [0.3, 0.4) is 0 Å². The van der Waals surface area contributed by atoms with E-state index >= 15 is 0 Å². The van der Waals surface area contributed by atoms with Gasteiger partial charge < -0.3 is 10.2 Å². The van der Waals surface area contributed by atoms with Crippen molar-refractivity contribution in [2.24, 2.45) is 5.92 Å². The Labute approximate surface area is 106 Å². The Morgan fingerprint density at radius 1 is 1.18 bits per heavy atom. The van der Waals surface area contributed by atoms with Crippen LogP contribution in [0.2, 0.25) is 0 Å². The second-order valence-corrected chi connectivity index (χ2v) is 5.57. The molecule has 96 valence electrons. The molecular formula is C15H26N2. The molecule has 1 rings (SSSR count). The van der Waals surface area contributed by atoms with Crippen LogP contribution in [0.4, 0.5) is 11.4 Å². The Hall–Kier alpha value is -1.18. The quantitative estimate of drug-likeness (QED) is 0.831. The van der Waals surface area contributed by atoms with E-state index < -0.39 is 0 Å². The summed E-state index contributed by atoms with van der Waals surface area (Å²) in [5.74, 6) is 0.733. The van der Waals surface area contributed by atoms with Crippen molar-refractivity contribution in [3.63, 3.8) is 0 Å². The van der Waals surface area contributed by atoms with Gasteiger partial charge in [0.2, 0.25) is 0 Å². The number of aryl methyl sites for hydroxylation is 1. The maximum absolute atomic E-state index is 3.57. The van der Waals surface area contributed by atoms with Crippen LogP contribution in [-0.2, 0) is 0 Å². The highest BCUT2D eigenvalue weighted by Crippen LogP contribution is 2.23. The molecule has 2 nitrogen and oxygen atoms in total. The third-order valence-corrected chi connectivity index (χ3v) is 2.93. The standard InChI is InChI=1S/C15H26N2/c1-11(2)9-13(4)16-14-8-7-12(3)15(10-14)17(5)6/h7-8,10-11,13,16H,9H2,1-6H3. The molecule has 0 fully saturated rings. The van der Waals surface area contributed by atoms with Gasteiger partial charge in [-0.2, -0.15) is 0 Å². The van der Waals surface area contributed by atoms with E-state index in [1.54, 1.807) is 0 Å². The van der Waals surface area contributed by atoms with Gasteiger partial charge in [0.1, 0.15) is 0 Å². The lowest BCUT2D eigenvalue weighted by atomic mass is 10.0. The maximum atomic E-state index is 3.57. The summed E-state index contributed by atoms with van der Waals surface area (Å²) in [7, 11) is 4.17. The first-order valence-electron chi connectivity index (χ1n) is 6.44. The molecule has 0 spiro atoms. The summed E-state index contributed by atoms with van der Waals surface area (Å²) >= 11 is 0. The Bertz CT molecular complexity index is 356. The second kappa shape index (κ2) is 5.95. The highest BCUT2D eigenvalue weighted by Gasteiger charge is 2.07. The molecule has 17 heavy (non-hydrogen) atoms. The minimum atomic E-state index is 0.521. The molecule has 0 bridgehead atoms. The van der Waals surface area contributed by atoms with E-state index in [2.05, 4.69) is 70.2 Å². The number of hydrogen-bond donors (Lipinski definition) is 1. The third kappa shape index (κ3) is 4.29. The van der Waals surface area contributed by atoms with E-state index in [0.717, 1.165) is 5.92 Å². The summed E-state index contributed by atoms with van der Waals surface area (Å²) in [6, 6.07) is 7.10. The molecule has 0 aromatic heterocycles. The van der Waals surface area contributed by atoms with Crippen LogP contribution in [-0.4, -0.2) is 20.1 Å². The van der Waals surface area contributed by atoms with Crippen LogP contribution in [0.15, 0.2) is 18.2 Å².